The summed E-state index contributed by atoms with van der Waals surface area (Å²) in [6.45, 7) is 2.92. The smallest absolute Gasteiger partial charge is 0.0639 e. The van der Waals surface area contributed by atoms with E-state index in [0.717, 1.165) is 30.3 Å². The Morgan fingerprint density at radius 3 is 2.53 bits per heavy atom. The lowest BCUT2D eigenvalue weighted by atomic mass is 10.0. The van der Waals surface area contributed by atoms with E-state index in [0.29, 0.717) is 6.04 Å². The van der Waals surface area contributed by atoms with Gasteiger partial charge in [0, 0.05) is 25.7 Å². The maximum atomic E-state index is 6.29. The van der Waals surface area contributed by atoms with Gasteiger partial charge in [-0.05, 0) is 17.7 Å². The predicted molar refractivity (Wildman–Crippen MR) is 80.9 cm³/mol. The second kappa shape index (κ2) is 5.64. The fourth-order valence-electron chi connectivity index (χ4n) is 2.59. The lowest BCUT2D eigenvalue weighted by molar-refractivity contribution is 0.472. The van der Waals surface area contributed by atoms with Crippen molar-refractivity contribution in [2.75, 3.05) is 24.5 Å². The maximum Gasteiger partial charge on any atom is 0.0639 e. The van der Waals surface area contributed by atoms with E-state index in [2.05, 4.69) is 46.6 Å². The van der Waals surface area contributed by atoms with Crippen molar-refractivity contribution in [3.05, 3.63) is 65.2 Å². The molecule has 0 saturated carbocycles. The molecule has 2 aromatic carbocycles. The number of nitrogens with zero attached hydrogens (tertiary/aromatic N) is 1. The van der Waals surface area contributed by atoms with Gasteiger partial charge in [0.25, 0.3) is 0 Å². The molecule has 1 heterocycles. The highest BCUT2D eigenvalue weighted by Crippen LogP contribution is 2.28. The second-order valence-corrected chi connectivity index (χ2v) is 5.22. The SMILES string of the molecule is Clc1ccccc1N1CCNC(c2ccccc2)C1. The topological polar surface area (TPSA) is 15.3 Å². The van der Waals surface area contributed by atoms with Gasteiger partial charge in [0.15, 0.2) is 0 Å². The van der Waals surface area contributed by atoms with Crippen LogP contribution < -0.4 is 10.2 Å². The molecule has 0 radical (unpaired) electrons. The molecule has 1 atom stereocenters. The molecule has 0 bridgehead atoms. The highest BCUT2D eigenvalue weighted by atomic mass is 35.5. The van der Waals surface area contributed by atoms with E-state index in [1.54, 1.807) is 0 Å². The molecule has 3 heteroatoms. The first-order valence-electron chi connectivity index (χ1n) is 6.62. The average molecular weight is 273 g/mol. The summed E-state index contributed by atoms with van der Waals surface area (Å²) in [4.78, 5) is 2.36. The zero-order chi connectivity index (χ0) is 13.1. The van der Waals surface area contributed by atoms with Gasteiger partial charge in [0.2, 0.25) is 0 Å². The second-order valence-electron chi connectivity index (χ2n) is 4.81. The molecule has 2 aromatic rings. The van der Waals surface area contributed by atoms with Crippen LogP contribution in [0.25, 0.3) is 0 Å². The number of benzene rings is 2. The minimum atomic E-state index is 0.367. The van der Waals surface area contributed by atoms with E-state index in [4.69, 9.17) is 11.6 Å². The molecule has 2 nitrogen and oxygen atoms in total. The number of hydrogen-bond acceptors (Lipinski definition) is 2. The normalized spacial score (nSPS) is 19.4. The predicted octanol–water partition coefficient (Wildman–Crippen LogP) is 3.49. The third-order valence-electron chi connectivity index (χ3n) is 3.57. The van der Waals surface area contributed by atoms with Crippen LogP contribution in [0.1, 0.15) is 11.6 Å². The van der Waals surface area contributed by atoms with Crippen molar-refractivity contribution in [1.29, 1.82) is 0 Å². The van der Waals surface area contributed by atoms with Crippen LogP contribution in [0, 0.1) is 0 Å². The average Bonchev–Trinajstić information content (AvgIpc) is 2.49. The van der Waals surface area contributed by atoms with Gasteiger partial charge in [-0.3, -0.25) is 0 Å². The van der Waals surface area contributed by atoms with Crippen LogP contribution in [-0.4, -0.2) is 19.6 Å². The molecule has 19 heavy (non-hydrogen) atoms. The number of piperazine rings is 1. The largest absolute Gasteiger partial charge is 0.367 e. The van der Waals surface area contributed by atoms with E-state index in [1.807, 2.05) is 18.2 Å². The third kappa shape index (κ3) is 2.75. The van der Waals surface area contributed by atoms with Crippen molar-refractivity contribution < 1.29 is 0 Å². The Kier molecular flexibility index (Phi) is 3.72. The third-order valence-corrected chi connectivity index (χ3v) is 3.89. The highest BCUT2D eigenvalue weighted by Gasteiger charge is 2.21. The molecular formula is C16H17ClN2. The summed E-state index contributed by atoms with van der Waals surface area (Å²) in [6, 6.07) is 19.0. The van der Waals surface area contributed by atoms with Crippen molar-refractivity contribution in [1.82, 2.24) is 5.32 Å². The van der Waals surface area contributed by atoms with Crippen molar-refractivity contribution >= 4 is 17.3 Å². The minimum Gasteiger partial charge on any atom is -0.367 e. The lowest BCUT2D eigenvalue weighted by Crippen LogP contribution is -2.45. The number of para-hydroxylation sites is 1. The van der Waals surface area contributed by atoms with Crippen LogP contribution in [0.15, 0.2) is 54.6 Å². The Hall–Kier alpha value is -1.51. The van der Waals surface area contributed by atoms with E-state index in [1.165, 1.54) is 5.56 Å². The van der Waals surface area contributed by atoms with E-state index in [-0.39, 0.29) is 0 Å². The van der Waals surface area contributed by atoms with Crippen molar-refractivity contribution in [2.24, 2.45) is 0 Å². The van der Waals surface area contributed by atoms with Gasteiger partial charge in [-0.1, -0.05) is 54.1 Å². The first kappa shape index (κ1) is 12.5. The molecule has 1 aliphatic rings. The Balaban J connectivity index is 1.81. The van der Waals surface area contributed by atoms with Gasteiger partial charge in [0.1, 0.15) is 0 Å². The van der Waals surface area contributed by atoms with Gasteiger partial charge in [-0.2, -0.15) is 0 Å². The van der Waals surface area contributed by atoms with Crippen molar-refractivity contribution in [3.8, 4) is 0 Å². The summed E-state index contributed by atoms with van der Waals surface area (Å²) in [5.74, 6) is 0. The maximum absolute atomic E-state index is 6.29. The van der Waals surface area contributed by atoms with Crippen LogP contribution in [0.5, 0.6) is 0 Å². The minimum absolute atomic E-state index is 0.367. The van der Waals surface area contributed by atoms with Gasteiger partial charge in [-0.15, -0.1) is 0 Å². The zero-order valence-electron chi connectivity index (χ0n) is 10.7. The van der Waals surface area contributed by atoms with E-state index in [9.17, 15) is 0 Å². The monoisotopic (exact) mass is 272 g/mol. The molecule has 98 valence electrons. The van der Waals surface area contributed by atoms with Crippen LogP contribution in [0.3, 0.4) is 0 Å². The first-order chi connectivity index (χ1) is 9.34. The zero-order valence-corrected chi connectivity index (χ0v) is 11.5. The molecular weight excluding hydrogens is 256 g/mol. The van der Waals surface area contributed by atoms with Gasteiger partial charge in [0.05, 0.1) is 10.7 Å². The summed E-state index contributed by atoms with van der Waals surface area (Å²) >= 11 is 6.29. The summed E-state index contributed by atoms with van der Waals surface area (Å²) in [7, 11) is 0. The Labute approximate surface area is 119 Å². The fourth-order valence-corrected chi connectivity index (χ4v) is 2.84. The van der Waals surface area contributed by atoms with Gasteiger partial charge >= 0.3 is 0 Å². The summed E-state index contributed by atoms with van der Waals surface area (Å²) in [5.41, 5.74) is 2.46. The summed E-state index contributed by atoms with van der Waals surface area (Å²) in [5, 5.41) is 4.40. The molecule has 0 aromatic heterocycles. The van der Waals surface area contributed by atoms with Crippen LogP contribution in [0.4, 0.5) is 5.69 Å². The molecule has 3 rings (SSSR count). The van der Waals surface area contributed by atoms with E-state index < -0.39 is 0 Å². The molecule has 1 unspecified atom stereocenters. The molecule has 1 aliphatic heterocycles. The van der Waals surface area contributed by atoms with Crippen LogP contribution in [0.2, 0.25) is 5.02 Å². The van der Waals surface area contributed by atoms with Crippen molar-refractivity contribution in [3.63, 3.8) is 0 Å². The Morgan fingerprint density at radius 1 is 1.00 bits per heavy atom. The highest BCUT2D eigenvalue weighted by molar-refractivity contribution is 6.33. The van der Waals surface area contributed by atoms with Crippen molar-refractivity contribution in [2.45, 2.75) is 6.04 Å². The fraction of sp³-hybridized carbons (Fsp3) is 0.250. The van der Waals surface area contributed by atoms with Gasteiger partial charge in [-0.25, -0.2) is 0 Å². The van der Waals surface area contributed by atoms with Gasteiger partial charge < -0.3 is 10.2 Å². The summed E-state index contributed by atoms with van der Waals surface area (Å²) < 4.78 is 0. The van der Waals surface area contributed by atoms with E-state index >= 15 is 0 Å². The molecule has 1 saturated heterocycles. The number of hydrogen-bond donors (Lipinski definition) is 1. The first-order valence-corrected chi connectivity index (χ1v) is 7.00. The number of anilines is 1. The Morgan fingerprint density at radius 2 is 1.74 bits per heavy atom. The van der Waals surface area contributed by atoms with Crippen LogP contribution in [-0.2, 0) is 0 Å². The molecule has 0 aliphatic carbocycles. The molecule has 0 amide bonds. The number of rotatable bonds is 2. The van der Waals surface area contributed by atoms with Crippen LogP contribution >= 0.6 is 11.6 Å². The number of nitrogens with one attached hydrogen (secondary N) is 1. The quantitative estimate of drug-likeness (QED) is 0.900. The standard InChI is InChI=1S/C16H17ClN2/c17-14-8-4-5-9-16(14)19-11-10-18-15(12-19)13-6-2-1-3-7-13/h1-9,15,18H,10-12H2. The lowest BCUT2D eigenvalue weighted by Gasteiger charge is -2.36. The Bertz CT molecular complexity index is 541. The summed E-state index contributed by atoms with van der Waals surface area (Å²) in [6.07, 6.45) is 0. The molecule has 1 fully saturated rings. The molecule has 0 spiro atoms. The molecule has 1 N–H and O–H groups in total. The number of halogens is 1.